The Labute approximate surface area is 367 Å². The average molecular weight is 894 g/mol. The van der Waals surface area contributed by atoms with E-state index in [0.717, 1.165) is 37.0 Å². The van der Waals surface area contributed by atoms with Crippen LogP contribution in [0.1, 0.15) is 82.1 Å². The molecule has 13 nitrogen and oxygen atoms in total. The number of carbonyl (C=O) groups excluding carboxylic acids is 2. The van der Waals surface area contributed by atoms with E-state index in [0.29, 0.717) is 51.4 Å². The van der Waals surface area contributed by atoms with Gasteiger partial charge >= 0.3 is 0 Å². The van der Waals surface area contributed by atoms with Gasteiger partial charge in [0, 0.05) is 86.5 Å². The topological polar surface area (TPSA) is 165 Å². The van der Waals surface area contributed by atoms with E-state index in [1.807, 2.05) is 36.6 Å². The maximum Gasteiger partial charge on any atom is 0.254 e. The number of aliphatic imine (C=N–C) groups is 1. The van der Waals surface area contributed by atoms with E-state index >= 15 is 13.2 Å². The number of hydrogen-bond donors (Lipinski definition) is 3. The number of nitriles is 1. The molecule has 2 bridgehead atoms. The smallest absolute Gasteiger partial charge is 0.254 e. The molecule has 0 saturated carbocycles. The van der Waals surface area contributed by atoms with Gasteiger partial charge in [-0.15, -0.1) is 11.3 Å². The Kier molecular flexibility index (Phi) is 12.8. The molecule has 4 aliphatic heterocycles. The summed E-state index contributed by atoms with van der Waals surface area (Å²) in [5.74, 6) is -1.12. The van der Waals surface area contributed by atoms with Gasteiger partial charge in [0.25, 0.3) is 5.88 Å². The number of nitrogen functional groups attached to an aromatic ring is 1. The Balaban J connectivity index is 0.979. The van der Waals surface area contributed by atoms with E-state index in [4.69, 9.17) is 26.6 Å². The van der Waals surface area contributed by atoms with Crippen LogP contribution in [0.25, 0.3) is 21.2 Å². The summed E-state index contributed by atoms with van der Waals surface area (Å²) in [6.07, 6.45) is 4.64. The highest BCUT2D eigenvalue weighted by atomic mass is 35.5. The summed E-state index contributed by atoms with van der Waals surface area (Å²) in [6.45, 7) is 9.00. The Hall–Kier alpha value is -4.89. The van der Waals surface area contributed by atoms with Crippen LogP contribution in [0.2, 0.25) is 5.02 Å². The van der Waals surface area contributed by atoms with E-state index in [2.05, 4.69) is 25.7 Å². The number of fused-ring (bicyclic) bond motifs is 3. The van der Waals surface area contributed by atoms with Crippen molar-refractivity contribution in [3.8, 4) is 23.1 Å². The Morgan fingerprint density at radius 1 is 1.21 bits per heavy atom. The molecule has 330 valence electrons. The zero-order chi connectivity index (χ0) is 43.9. The molecule has 4 N–H and O–H groups in total. The minimum absolute atomic E-state index is 0.000224. The van der Waals surface area contributed by atoms with E-state index < -0.39 is 23.2 Å². The number of nitrogens with one attached hydrogen (secondary N) is 2. The number of ether oxygens (including phenoxy) is 1. The molecule has 4 fully saturated rings. The Morgan fingerprint density at radius 2 is 1.95 bits per heavy atom. The molecule has 4 unspecified atom stereocenters. The van der Waals surface area contributed by atoms with E-state index in [1.165, 1.54) is 12.1 Å². The highest BCUT2D eigenvalue weighted by Gasteiger charge is 2.39. The molecule has 18 heteroatoms. The fraction of sp³-hybridized carbons (Fsp3) is 0.523. The third kappa shape index (κ3) is 8.58. The van der Waals surface area contributed by atoms with Crippen molar-refractivity contribution < 1.29 is 32.0 Å². The highest BCUT2D eigenvalue weighted by molar-refractivity contribution is 7.23. The number of piperazine rings is 1. The van der Waals surface area contributed by atoms with E-state index in [-0.39, 0.29) is 116 Å². The first-order valence-electron chi connectivity index (χ1n) is 21.3. The zero-order valence-corrected chi connectivity index (χ0v) is 36.6. The van der Waals surface area contributed by atoms with Gasteiger partial charge in [-0.1, -0.05) is 31.5 Å². The quantitative estimate of drug-likeness (QED) is 0.0700. The van der Waals surface area contributed by atoms with Crippen LogP contribution in [0.4, 0.5) is 23.9 Å². The van der Waals surface area contributed by atoms with Crippen molar-refractivity contribution in [2.24, 2.45) is 10.9 Å². The molecule has 2 aromatic carbocycles. The summed E-state index contributed by atoms with van der Waals surface area (Å²) >= 11 is 7.83. The second-order valence-corrected chi connectivity index (χ2v) is 18.8. The number of alkyl halides is 1. The lowest BCUT2D eigenvalue weighted by Crippen LogP contribution is -2.53. The number of amides is 2. The molecule has 0 spiro atoms. The predicted molar refractivity (Wildman–Crippen MR) is 233 cm³/mol. The van der Waals surface area contributed by atoms with Gasteiger partial charge < -0.3 is 40.3 Å². The SMILES string of the molecule is CC(C)C(C(=O)N1CCCC1C)c1cc(OCC2(F)CCN(CCNc3c(C(=NC=O)N4CC5CCC(C4)N5)cc(Cl)c(-c4ccc(F)c5sc(N)c(C#N)c45)c3F)CC2)no1. The summed E-state index contributed by atoms with van der Waals surface area (Å²) in [5.41, 5.74) is 4.95. The third-order valence-electron chi connectivity index (χ3n) is 12.9. The summed E-state index contributed by atoms with van der Waals surface area (Å²) in [7, 11) is 0. The van der Waals surface area contributed by atoms with Crippen molar-refractivity contribution in [3.63, 3.8) is 0 Å². The number of piperidine rings is 1. The van der Waals surface area contributed by atoms with Crippen LogP contribution in [-0.2, 0) is 9.59 Å². The number of hydrogen-bond acceptors (Lipinski definition) is 11. The second-order valence-electron chi connectivity index (χ2n) is 17.3. The van der Waals surface area contributed by atoms with Gasteiger partial charge in [-0.3, -0.25) is 9.59 Å². The first-order chi connectivity index (χ1) is 29.8. The molecular weight excluding hydrogens is 843 g/mol. The molecule has 8 rings (SSSR count). The van der Waals surface area contributed by atoms with Crippen molar-refractivity contribution in [3.05, 3.63) is 57.8 Å². The monoisotopic (exact) mass is 893 g/mol. The number of rotatable bonds is 13. The molecule has 4 aromatic rings. The highest BCUT2D eigenvalue weighted by Crippen LogP contribution is 2.46. The molecule has 62 heavy (non-hydrogen) atoms. The van der Waals surface area contributed by atoms with Gasteiger partial charge in [-0.2, -0.15) is 10.3 Å². The number of carbonyl (C=O) groups is 2. The lowest BCUT2D eigenvalue weighted by Gasteiger charge is -2.36. The normalized spacial score (nSPS) is 22.0. The van der Waals surface area contributed by atoms with Crippen molar-refractivity contribution in [2.45, 2.75) is 89.0 Å². The molecule has 2 aromatic heterocycles. The molecule has 0 radical (unpaired) electrons. The fourth-order valence-corrected chi connectivity index (χ4v) is 10.8. The number of amidine groups is 1. The number of thiophene rings is 1. The third-order valence-corrected chi connectivity index (χ3v) is 14.2. The molecular formula is C44H51ClF3N9O4S. The predicted octanol–water partition coefficient (Wildman–Crippen LogP) is 7.33. The van der Waals surface area contributed by atoms with Crippen molar-refractivity contribution in [1.82, 2.24) is 25.2 Å². The van der Waals surface area contributed by atoms with Crippen LogP contribution in [0, 0.1) is 28.9 Å². The summed E-state index contributed by atoms with van der Waals surface area (Å²) < 4.78 is 60.1. The molecule has 4 atom stereocenters. The molecule has 4 saturated heterocycles. The van der Waals surface area contributed by atoms with Gasteiger partial charge in [0.1, 0.15) is 40.9 Å². The van der Waals surface area contributed by atoms with Crippen LogP contribution in [-0.4, -0.2) is 114 Å². The minimum atomic E-state index is -1.64. The lowest BCUT2D eigenvalue weighted by atomic mass is 9.91. The minimum Gasteiger partial charge on any atom is -0.472 e. The van der Waals surface area contributed by atoms with E-state index in [1.54, 1.807) is 12.1 Å². The van der Waals surface area contributed by atoms with Gasteiger partial charge in [0.2, 0.25) is 12.3 Å². The van der Waals surface area contributed by atoms with Crippen molar-refractivity contribution in [2.75, 3.05) is 63.5 Å². The summed E-state index contributed by atoms with van der Waals surface area (Å²) in [5, 5.41) is 21.0. The Morgan fingerprint density at radius 3 is 2.61 bits per heavy atom. The van der Waals surface area contributed by atoms with Gasteiger partial charge in [0.15, 0.2) is 11.6 Å². The number of halogens is 4. The number of nitrogens with zero attached hydrogens (tertiary/aromatic N) is 6. The maximum absolute atomic E-state index is 17.4. The number of likely N-dealkylation sites (tertiary alicyclic amines) is 3. The lowest BCUT2D eigenvalue weighted by molar-refractivity contribution is -0.134. The van der Waals surface area contributed by atoms with Gasteiger partial charge in [-0.05, 0) is 74.2 Å². The molecule has 4 aliphatic rings. The average Bonchev–Trinajstić information content (AvgIpc) is 4.05. The number of anilines is 2. The summed E-state index contributed by atoms with van der Waals surface area (Å²) in [4.78, 5) is 35.6. The van der Waals surface area contributed by atoms with E-state index in [9.17, 15) is 14.9 Å². The maximum atomic E-state index is 17.4. The van der Waals surface area contributed by atoms with Crippen molar-refractivity contribution in [1.29, 1.82) is 5.26 Å². The molecule has 6 heterocycles. The van der Waals surface area contributed by atoms with Crippen LogP contribution < -0.4 is 21.1 Å². The number of aromatic nitrogens is 1. The van der Waals surface area contributed by atoms with Gasteiger partial charge in [-0.25, -0.2) is 13.2 Å². The molecule has 0 aliphatic carbocycles. The van der Waals surface area contributed by atoms with Crippen molar-refractivity contribution >= 4 is 61.9 Å². The second kappa shape index (κ2) is 18.1. The van der Waals surface area contributed by atoms with Gasteiger partial charge in [0.05, 0.1) is 21.0 Å². The fourth-order valence-electron chi connectivity index (χ4n) is 9.59. The van der Waals surface area contributed by atoms with Crippen LogP contribution in [0.15, 0.2) is 33.8 Å². The standard InChI is InChI=1S/C44H51ClF3N9O4S/c1-24(2)35(43(59)57-13-4-5-25(57)3)33-18-34(54-61-33)60-22-44(48)10-14-55(15-11-44)16-12-51-39-29(42(52-23-58)56-20-26-6-7-27(21-56)53-26)17-31(45)37(38(39)47)28-8-9-32(46)40-36(28)30(19-49)41(50)62-40/h8-9,17-18,23-27,35,51,53H,4-7,10-16,20-22,50H2,1-3H3. The first kappa shape index (κ1) is 43.7. The van der Waals surface area contributed by atoms with Crippen LogP contribution in [0.3, 0.4) is 0 Å². The van der Waals surface area contributed by atoms with Crippen LogP contribution in [0.5, 0.6) is 5.88 Å². The Bertz CT molecular complexity index is 2400. The summed E-state index contributed by atoms with van der Waals surface area (Å²) in [6, 6.07) is 8.28. The first-order valence-corrected chi connectivity index (χ1v) is 22.5. The largest absolute Gasteiger partial charge is 0.472 e. The molecule has 2 amide bonds. The number of benzene rings is 2. The zero-order valence-electron chi connectivity index (χ0n) is 35.0. The number of nitrogens with two attached hydrogens (primary N) is 1. The van der Waals surface area contributed by atoms with Crippen LogP contribution >= 0.6 is 22.9 Å².